The van der Waals surface area contributed by atoms with Crippen LogP contribution < -0.4 is 10.0 Å². The fourth-order valence-corrected chi connectivity index (χ4v) is 5.79. The molecule has 0 saturated heterocycles. The first kappa shape index (κ1) is 23.2. The van der Waals surface area contributed by atoms with Crippen LogP contribution in [0.5, 0.6) is 0 Å². The lowest BCUT2D eigenvalue weighted by Gasteiger charge is -2.36. The van der Waals surface area contributed by atoms with Crippen LogP contribution in [0.15, 0.2) is 65.7 Å². The SMILES string of the molecule is CC(=O)Nc1ccc(S(=O)(=O)NCC(c2cccn2C)N2CCc3ccccc3C2)c(C)c1. The molecule has 0 saturated carbocycles. The predicted molar refractivity (Wildman–Crippen MR) is 129 cm³/mol. The molecule has 1 amide bonds. The summed E-state index contributed by atoms with van der Waals surface area (Å²) < 4.78 is 31.3. The van der Waals surface area contributed by atoms with E-state index in [-0.39, 0.29) is 23.4 Å². The summed E-state index contributed by atoms with van der Waals surface area (Å²) in [5.41, 5.74) is 4.86. The Balaban J connectivity index is 1.56. The van der Waals surface area contributed by atoms with Crippen molar-refractivity contribution < 1.29 is 13.2 Å². The number of carbonyl (C=O) groups excluding carboxylic acids is 1. The number of carbonyl (C=O) groups is 1. The number of nitrogens with one attached hydrogen (secondary N) is 2. The Morgan fingerprint density at radius 3 is 2.52 bits per heavy atom. The quantitative estimate of drug-likeness (QED) is 0.559. The highest BCUT2D eigenvalue weighted by Crippen LogP contribution is 2.28. The van der Waals surface area contributed by atoms with Gasteiger partial charge in [0.05, 0.1) is 10.9 Å². The minimum absolute atomic E-state index is 0.105. The van der Waals surface area contributed by atoms with E-state index in [4.69, 9.17) is 0 Å². The molecule has 33 heavy (non-hydrogen) atoms. The van der Waals surface area contributed by atoms with Gasteiger partial charge in [-0.3, -0.25) is 9.69 Å². The highest BCUT2D eigenvalue weighted by atomic mass is 32.2. The Morgan fingerprint density at radius 1 is 1.09 bits per heavy atom. The first-order valence-corrected chi connectivity index (χ1v) is 12.5. The number of aryl methyl sites for hydroxylation is 2. The maximum atomic E-state index is 13.2. The maximum absolute atomic E-state index is 13.2. The van der Waals surface area contributed by atoms with Gasteiger partial charge in [-0.2, -0.15) is 0 Å². The molecule has 3 aromatic rings. The molecule has 2 N–H and O–H groups in total. The van der Waals surface area contributed by atoms with Crippen molar-refractivity contribution in [1.29, 1.82) is 0 Å². The molecule has 0 bridgehead atoms. The Bertz CT molecular complexity index is 1270. The highest BCUT2D eigenvalue weighted by molar-refractivity contribution is 7.89. The fourth-order valence-electron chi connectivity index (χ4n) is 4.52. The average molecular weight is 467 g/mol. The summed E-state index contributed by atoms with van der Waals surface area (Å²) in [5, 5.41) is 2.69. The van der Waals surface area contributed by atoms with Gasteiger partial charge in [-0.1, -0.05) is 24.3 Å². The molecule has 2 heterocycles. The fraction of sp³-hybridized carbons (Fsp3) is 0.320. The number of benzene rings is 2. The van der Waals surface area contributed by atoms with Gasteiger partial charge >= 0.3 is 0 Å². The number of aromatic nitrogens is 1. The van der Waals surface area contributed by atoms with E-state index in [1.807, 2.05) is 29.9 Å². The minimum atomic E-state index is -3.73. The monoisotopic (exact) mass is 466 g/mol. The molecule has 174 valence electrons. The van der Waals surface area contributed by atoms with Crippen LogP contribution in [0.2, 0.25) is 0 Å². The predicted octanol–water partition coefficient (Wildman–Crippen LogP) is 3.37. The molecule has 7 nitrogen and oxygen atoms in total. The molecule has 8 heteroatoms. The van der Waals surface area contributed by atoms with Crippen LogP contribution in [0, 0.1) is 6.92 Å². The molecule has 1 aliphatic rings. The third-order valence-corrected chi connectivity index (χ3v) is 7.76. The zero-order chi connectivity index (χ0) is 23.6. The van der Waals surface area contributed by atoms with Crippen molar-refractivity contribution in [3.8, 4) is 0 Å². The summed E-state index contributed by atoms with van der Waals surface area (Å²) in [7, 11) is -1.75. The number of fused-ring (bicyclic) bond motifs is 1. The Labute approximate surface area is 195 Å². The Hall–Kier alpha value is -2.94. The number of hydrogen-bond acceptors (Lipinski definition) is 4. The van der Waals surface area contributed by atoms with Crippen molar-refractivity contribution in [3.05, 3.63) is 83.2 Å². The largest absolute Gasteiger partial charge is 0.353 e. The number of rotatable bonds is 7. The molecular weight excluding hydrogens is 436 g/mol. The molecule has 0 aliphatic carbocycles. The molecule has 1 unspecified atom stereocenters. The summed E-state index contributed by atoms with van der Waals surface area (Å²) in [6.07, 6.45) is 2.92. The van der Waals surface area contributed by atoms with Crippen LogP contribution in [0.25, 0.3) is 0 Å². The standard InChI is InChI=1S/C25H30N4O3S/c1-18-15-22(27-19(2)30)10-11-25(18)33(31,32)26-16-24(23-9-6-13-28(23)3)29-14-12-20-7-4-5-8-21(20)17-29/h4-11,13,15,24,26H,12,14,16-17H2,1-3H3,(H,27,30). The molecule has 1 aromatic heterocycles. The van der Waals surface area contributed by atoms with Crippen LogP contribution in [-0.4, -0.2) is 36.9 Å². The summed E-state index contributed by atoms with van der Waals surface area (Å²) >= 11 is 0. The van der Waals surface area contributed by atoms with Gasteiger partial charge in [-0.15, -0.1) is 0 Å². The zero-order valence-corrected chi connectivity index (χ0v) is 20.0. The summed E-state index contributed by atoms with van der Waals surface area (Å²) in [6.45, 7) is 5.05. The van der Waals surface area contributed by atoms with Gasteiger partial charge in [0.15, 0.2) is 0 Å². The maximum Gasteiger partial charge on any atom is 0.240 e. The second-order valence-electron chi connectivity index (χ2n) is 8.56. The number of anilines is 1. The summed E-state index contributed by atoms with van der Waals surface area (Å²) in [6, 6.07) is 17.2. The number of nitrogens with zero attached hydrogens (tertiary/aromatic N) is 2. The van der Waals surface area contributed by atoms with E-state index < -0.39 is 10.0 Å². The van der Waals surface area contributed by atoms with Crippen LogP contribution in [0.3, 0.4) is 0 Å². The van der Waals surface area contributed by atoms with Gasteiger partial charge in [0.1, 0.15) is 0 Å². The van der Waals surface area contributed by atoms with Gasteiger partial charge in [0.25, 0.3) is 0 Å². The topological polar surface area (TPSA) is 83.4 Å². The number of sulfonamides is 1. The number of amides is 1. The Kier molecular flexibility index (Phi) is 6.69. The molecule has 0 fully saturated rings. The van der Waals surface area contributed by atoms with E-state index >= 15 is 0 Å². The van der Waals surface area contributed by atoms with E-state index in [1.165, 1.54) is 24.1 Å². The molecule has 2 aromatic carbocycles. The lowest BCUT2D eigenvalue weighted by Crippen LogP contribution is -2.41. The third-order valence-electron chi connectivity index (χ3n) is 6.18. The van der Waals surface area contributed by atoms with Gasteiger partial charge in [0, 0.05) is 51.2 Å². The smallest absolute Gasteiger partial charge is 0.240 e. The molecule has 4 rings (SSSR count). The number of hydrogen-bond donors (Lipinski definition) is 2. The van der Waals surface area contributed by atoms with Crippen molar-refractivity contribution in [2.45, 2.75) is 37.8 Å². The van der Waals surface area contributed by atoms with Crippen LogP contribution >= 0.6 is 0 Å². The van der Waals surface area contributed by atoms with E-state index in [2.05, 4.69) is 39.2 Å². The lowest BCUT2D eigenvalue weighted by molar-refractivity contribution is -0.114. The van der Waals surface area contributed by atoms with Gasteiger partial charge < -0.3 is 9.88 Å². The van der Waals surface area contributed by atoms with Crippen molar-refractivity contribution in [2.24, 2.45) is 7.05 Å². The molecular formula is C25H30N4O3S. The zero-order valence-electron chi connectivity index (χ0n) is 19.2. The minimum Gasteiger partial charge on any atom is -0.353 e. The van der Waals surface area contributed by atoms with E-state index in [0.29, 0.717) is 11.3 Å². The first-order valence-electron chi connectivity index (χ1n) is 11.0. The van der Waals surface area contributed by atoms with E-state index in [1.54, 1.807) is 19.1 Å². The molecule has 0 spiro atoms. The van der Waals surface area contributed by atoms with Gasteiger partial charge in [-0.05, 0) is 60.4 Å². The average Bonchev–Trinajstić information content (AvgIpc) is 3.19. The molecule has 0 radical (unpaired) electrons. The molecule has 1 aliphatic heterocycles. The van der Waals surface area contributed by atoms with Gasteiger partial charge in [0.2, 0.25) is 15.9 Å². The molecule has 1 atom stereocenters. The van der Waals surface area contributed by atoms with Crippen molar-refractivity contribution in [1.82, 2.24) is 14.2 Å². The first-order chi connectivity index (χ1) is 15.7. The van der Waals surface area contributed by atoms with Crippen LogP contribution in [-0.2, 0) is 34.8 Å². The highest BCUT2D eigenvalue weighted by Gasteiger charge is 2.28. The van der Waals surface area contributed by atoms with E-state index in [0.717, 1.165) is 25.2 Å². The van der Waals surface area contributed by atoms with Crippen molar-refractivity contribution in [3.63, 3.8) is 0 Å². The summed E-state index contributed by atoms with van der Waals surface area (Å²) in [4.78, 5) is 13.9. The van der Waals surface area contributed by atoms with Crippen LogP contribution in [0.4, 0.5) is 5.69 Å². The second-order valence-corrected chi connectivity index (χ2v) is 10.3. The third kappa shape index (κ3) is 5.19. The second kappa shape index (κ2) is 9.51. The summed E-state index contributed by atoms with van der Waals surface area (Å²) in [5.74, 6) is -0.198. The van der Waals surface area contributed by atoms with Crippen molar-refractivity contribution in [2.75, 3.05) is 18.4 Å². The van der Waals surface area contributed by atoms with Crippen LogP contribution in [0.1, 0.15) is 35.3 Å². The lowest BCUT2D eigenvalue weighted by atomic mass is 9.98. The Morgan fingerprint density at radius 2 is 1.85 bits per heavy atom. The van der Waals surface area contributed by atoms with Crippen molar-refractivity contribution >= 4 is 21.6 Å². The van der Waals surface area contributed by atoms with Gasteiger partial charge in [-0.25, -0.2) is 13.1 Å². The normalized spacial score (nSPS) is 15.1. The van der Waals surface area contributed by atoms with E-state index in [9.17, 15) is 13.2 Å².